The van der Waals surface area contributed by atoms with Crippen molar-refractivity contribution in [1.29, 1.82) is 0 Å². The molecule has 0 atom stereocenters. The summed E-state index contributed by atoms with van der Waals surface area (Å²) in [7, 11) is 1.71. The molecule has 92 valence electrons. The normalized spacial score (nSPS) is 17.2. The Morgan fingerprint density at radius 1 is 1.53 bits per heavy atom. The summed E-state index contributed by atoms with van der Waals surface area (Å²) in [5.74, 6) is -0.0213. The Bertz CT molecular complexity index is 403. The zero-order valence-electron chi connectivity index (χ0n) is 9.73. The number of aromatic nitrogens is 1. The van der Waals surface area contributed by atoms with Gasteiger partial charge in [0, 0.05) is 32.6 Å². The SMILES string of the molecule is COC1CCN(C(=O)c2ccncc2Cl)CC1. The van der Waals surface area contributed by atoms with Gasteiger partial charge < -0.3 is 9.64 Å². The van der Waals surface area contributed by atoms with E-state index < -0.39 is 0 Å². The number of hydrogen-bond acceptors (Lipinski definition) is 3. The number of carbonyl (C=O) groups excluding carboxylic acids is 1. The van der Waals surface area contributed by atoms with Crippen LogP contribution in [0.15, 0.2) is 18.5 Å². The third-order valence-electron chi connectivity index (χ3n) is 3.07. The van der Waals surface area contributed by atoms with Crippen LogP contribution in [0.25, 0.3) is 0 Å². The van der Waals surface area contributed by atoms with Crippen molar-refractivity contribution < 1.29 is 9.53 Å². The van der Waals surface area contributed by atoms with E-state index >= 15 is 0 Å². The largest absolute Gasteiger partial charge is 0.381 e. The molecule has 0 N–H and O–H groups in total. The van der Waals surface area contributed by atoms with Crippen LogP contribution in [0.3, 0.4) is 0 Å². The van der Waals surface area contributed by atoms with Crippen LogP contribution in [0.5, 0.6) is 0 Å². The van der Waals surface area contributed by atoms with E-state index in [-0.39, 0.29) is 12.0 Å². The average molecular weight is 255 g/mol. The van der Waals surface area contributed by atoms with Gasteiger partial charge in [-0.05, 0) is 18.9 Å². The fourth-order valence-electron chi connectivity index (χ4n) is 2.01. The molecule has 1 aromatic heterocycles. The fourth-order valence-corrected chi connectivity index (χ4v) is 2.21. The highest BCUT2D eigenvalue weighted by Crippen LogP contribution is 2.19. The minimum absolute atomic E-state index is 0.0213. The number of carbonyl (C=O) groups is 1. The Kier molecular flexibility index (Phi) is 3.97. The van der Waals surface area contributed by atoms with Crippen LogP contribution in [-0.2, 0) is 4.74 Å². The van der Waals surface area contributed by atoms with Gasteiger partial charge in [-0.1, -0.05) is 11.6 Å². The molecule has 1 aliphatic heterocycles. The molecule has 4 nitrogen and oxygen atoms in total. The van der Waals surface area contributed by atoms with Crippen molar-refractivity contribution in [2.75, 3.05) is 20.2 Å². The molecule has 0 spiro atoms. The predicted molar refractivity (Wildman–Crippen MR) is 65.2 cm³/mol. The molecular weight excluding hydrogens is 240 g/mol. The monoisotopic (exact) mass is 254 g/mol. The van der Waals surface area contributed by atoms with Crippen molar-refractivity contribution >= 4 is 17.5 Å². The first kappa shape index (κ1) is 12.3. The van der Waals surface area contributed by atoms with Gasteiger partial charge in [0.1, 0.15) is 0 Å². The number of ether oxygens (including phenoxy) is 1. The van der Waals surface area contributed by atoms with Crippen molar-refractivity contribution in [2.24, 2.45) is 0 Å². The highest BCUT2D eigenvalue weighted by Gasteiger charge is 2.24. The topological polar surface area (TPSA) is 42.4 Å². The van der Waals surface area contributed by atoms with Crippen LogP contribution in [-0.4, -0.2) is 42.1 Å². The van der Waals surface area contributed by atoms with Gasteiger partial charge in [0.05, 0.1) is 16.7 Å². The number of pyridine rings is 1. The smallest absolute Gasteiger partial charge is 0.255 e. The van der Waals surface area contributed by atoms with E-state index in [2.05, 4.69) is 4.98 Å². The van der Waals surface area contributed by atoms with Gasteiger partial charge in [0.15, 0.2) is 0 Å². The summed E-state index contributed by atoms with van der Waals surface area (Å²) in [5, 5.41) is 0.409. The lowest BCUT2D eigenvalue weighted by Gasteiger charge is -2.31. The molecule has 5 heteroatoms. The van der Waals surface area contributed by atoms with E-state index in [0.717, 1.165) is 25.9 Å². The summed E-state index contributed by atoms with van der Waals surface area (Å²) >= 11 is 5.96. The van der Waals surface area contributed by atoms with Gasteiger partial charge in [-0.2, -0.15) is 0 Å². The van der Waals surface area contributed by atoms with Crippen LogP contribution >= 0.6 is 11.6 Å². The van der Waals surface area contributed by atoms with Gasteiger partial charge >= 0.3 is 0 Å². The zero-order chi connectivity index (χ0) is 12.3. The van der Waals surface area contributed by atoms with Crippen LogP contribution in [0.4, 0.5) is 0 Å². The highest BCUT2D eigenvalue weighted by molar-refractivity contribution is 6.33. The van der Waals surface area contributed by atoms with E-state index in [9.17, 15) is 4.79 Å². The van der Waals surface area contributed by atoms with Crippen molar-refractivity contribution in [3.63, 3.8) is 0 Å². The minimum atomic E-state index is -0.0213. The van der Waals surface area contributed by atoms with Gasteiger partial charge in [-0.3, -0.25) is 9.78 Å². The maximum atomic E-state index is 12.2. The molecule has 0 aliphatic carbocycles. The van der Waals surface area contributed by atoms with Crippen molar-refractivity contribution in [2.45, 2.75) is 18.9 Å². The molecular formula is C12H15ClN2O2. The lowest BCUT2D eigenvalue weighted by atomic mass is 10.1. The summed E-state index contributed by atoms with van der Waals surface area (Å²) in [6.45, 7) is 1.44. The lowest BCUT2D eigenvalue weighted by Crippen LogP contribution is -2.40. The molecule has 0 radical (unpaired) electrons. The van der Waals surface area contributed by atoms with E-state index in [4.69, 9.17) is 16.3 Å². The molecule has 0 bridgehead atoms. The molecule has 1 amide bonds. The standard InChI is InChI=1S/C12H15ClN2O2/c1-17-9-3-6-15(7-4-9)12(16)10-2-5-14-8-11(10)13/h2,5,8-9H,3-4,6-7H2,1H3. The molecule has 2 heterocycles. The number of rotatable bonds is 2. The third kappa shape index (κ3) is 2.76. The second-order valence-corrected chi connectivity index (χ2v) is 4.49. The molecule has 0 saturated carbocycles. The molecule has 1 aromatic rings. The third-order valence-corrected chi connectivity index (χ3v) is 3.37. The molecule has 1 saturated heterocycles. The summed E-state index contributed by atoms with van der Waals surface area (Å²) in [4.78, 5) is 17.9. The quantitative estimate of drug-likeness (QED) is 0.811. The van der Waals surface area contributed by atoms with Crippen molar-refractivity contribution in [1.82, 2.24) is 9.88 Å². The van der Waals surface area contributed by atoms with Crippen LogP contribution < -0.4 is 0 Å². The molecule has 0 unspecified atom stereocenters. The summed E-state index contributed by atoms with van der Waals surface area (Å²) in [6.07, 6.45) is 5.11. The number of methoxy groups -OCH3 is 1. The summed E-state index contributed by atoms with van der Waals surface area (Å²) < 4.78 is 5.27. The first-order valence-corrected chi connectivity index (χ1v) is 6.01. The Morgan fingerprint density at radius 3 is 2.82 bits per heavy atom. The lowest BCUT2D eigenvalue weighted by molar-refractivity contribution is 0.0351. The van der Waals surface area contributed by atoms with Gasteiger partial charge in [-0.25, -0.2) is 0 Å². The van der Waals surface area contributed by atoms with Gasteiger partial charge in [0.25, 0.3) is 5.91 Å². The molecule has 1 aliphatic rings. The average Bonchev–Trinajstić information content (AvgIpc) is 2.39. The number of halogens is 1. The second-order valence-electron chi connectivity index (χ2n) is 4.08. The van der Waals surface area contributed by atoms with Gasteiger partial charge in [-0.15, -0.1) is 0 Å². The van der Waals surface area contributed by atoms with E-state index in [1.807, 2.05) is 4.90 Å². The van der Waals surface area contributed by atoms with E-state index in [1.165, 1.54) is 6.20 Å². The maximum absolute atomic E-state index is 12.2. The number of piperidine rings is 1. The number of likely N-dealkylation sites (tertiary alicyclic amines) is 1. The molecule has 17 heavy (non-hydrogen) atoms. The minimum Gasteiger partial charge on any atom is -0.381 e. The Morgan fingerprint density at radius 2 is 2.24 bits per heavy atom. The molecule has 0 aromatic carbocycles. The highest BCUT2D eigenvalue weighted by atomic mass is 35.5. The van der Waals surface area contributed by atoms with Crippen LogP contribution in [0.2, 0.25) is 5.02 Å². The second kappa shape index (κ2) is 5.47. The predicted octanol–water partition coefficient (Wildman–Crippen LogP) is 1.99. The number of nitrogens with zero attached hydrogens (tertiary/aromatic N) is 2. The Labute approximate surface area is 106 Å². The first-order valence-electron chi connectivity index (χ1n) is 5.64. The Balaban J connectivity index is 2.04. The number of hydrogen-bond donors (Lipinski definition) is 0. The van der Waals surface area contributed by atoms with Gasteiger partial charge in [0.2, 0.25) is 0 Å². The molecule has 2 rings (SSSR count). The Hall–Kier alpha value is -1.13. The maximum Gasteiger partial charge on any atom is 0.255 e. The molecule has 1 fully saturated rings. The van der Waals surface area contributed by atoms with Crippen molar-refractivity contribution in [3.05, 3.63) is 29.0 Å². The summed E-state index contributed by atoms with van der Waals surface area (Å²) in [5.41, 5.74) is 0.525. The van der Waals surface area contributed by atoms with Crippen molar-refractivity contribution in [3.8, 4) is 0 Å². The fraction of sp³-hybridized carbons (Fsp3) is 0.500. The van der Waals surface area contributed by atoms with E-state index in [1.54, 1.807) is 19.4 Å². The van der Waals surface area contributed by atoms with Crippen LogP contribution in [0, 0.1) is 0 Å². The van der Waals surface area contributed by atoms with E-state index in [0.29, 0.717) is 10.6 Å². The summed E-state index contributed by atoms with van der Waals surface area (Å²) in [6, 6.07) is 1.66. The van der Waals surface area contributed by atoms with Crippen LogP contribution in [0.1, 0.15) is 23.2 Å². The number of amides is 1. The first-order chi connectivity index (χ1) is 8.22. The zero-order valence-corrected chi connectivity index (χ0v) is 10.5.